The first-order chi connectivity index (χ1) is 14.9. The summed E-state index contributed by atoms with van der Waals surface area (Å²) in [6.07, 6.45) is 0. The van der Waals surface area contributed by atoms with Crippen molar-refractivity contribution in [3.05, 3.63) is 133 Å². The SMILES string of the molecule is [c]1cc(O[Si](c2ccccc2)(c2ccccc2)c2ccccc2)c2ccccc2c1. The molecule has 0 amide bonds. The number of hydrogen-bond acceptors (Lipinski definition) is 1. The van der Waals surface area contributed by atoms with Gasteiger partial charge in [-0.1, -0.05) is 115 Å². The van der Waals surface area contributed by atoms with Crippen LogP contribution < -0.4 is 20.0 Å². The van der Waals surface area contributed by atoms with Crippen LogP contribution in [0.15, 0.2) is 127 Å². The van der Waals surface area contributed by atoms with Crippen molar-refractivity contribution in [2.45, 2.75) is 0 Å². The number of benzene rings is 5. The highest BCUT2D eigenvalue weighted by atomic mass is 28.4. The van der Waals surface area contributed by atoms with Gasteiger partial charge in [0.15, 0.2) is 0 Å². The molecule has 0 atom stereocenters. The highest BCUT2D eigenvalue weighted by Gasteiger charge is 2.44. The van der Waals surface area contributed by atoms with Crippen molar-refractivity contribution < 1.29 is 4.43 Å². The molecule has 30 heavy (non-hydrogen) atoms. The maximum atomic E-state index is 7.18. The monoisotopic (exact) mass is 401 g/mol. The van der Waals surface area contributed by atoms with Crippen molar-refractivity contribution in [2.24, 2.45) is 0 Å². The van der Waals surface area contributed by atoms with E-state index in [0.29, 0.717) is 0 Å². The van der Waals surface area contributed by atoms with E-state index in [2.05, 4.69) is 121 Å². The highest BCUT2D eigenvalue weighted by Crippen LogP contribution is 2.27. The summed E-state index contributed by atoms with van der Waals surface area (Å²) < 4.78 is 7.18. The fourth-order valence-corrected chi connectivity index (χ4v) is 7.91. The average molecular weight is 402 g/mol. The highest BCUT2D eigenvalue weighted by molar-refractivity contribution is 7.07. The van der Waals surface area contributed by atoms with Gasteiger partial charge in [-0.2, -0.15) is 0 Å². The van der Waals surface area contributed by atoms with E-state index in [0.717, 1.165) is 16.5 Å². The molecule has 0 bridgehead atoms. The molecule has 0 aromatic heterocycles. The van der Waals surface area contributed by atoms with Crippen molar-refractivity contribution in [1.29, 1.82) is 0 Å². The van der Waals surface area contributed by atoms with Crippen LogP contribution in [0.5, 0.6) is 5.75 Å². The lowest BCUT2D eigenvalue weighted by molar-refractivity contribution is 0.584. The van der Waals surface area contributed by atoms with E-state index in [1.165, 1.54) is 15.6 Å². The first-order valence-corrected chi connectivity index (χ1v) is 12.0. The van der Waals surface area contributed by atoms with E-state index in [4.69, 9.17) is 4.43 Å². The molecule has 143 valence electrons. The number of hydrogen-bond donors (Lipinski definition) is 0. The predicted molar refractivity (Wildman–Crippen MR) is 127 cm³/mol. The molecule has 0 spiro atoms. The quantitative estimate of drug-likeness (QED) is 0.307. The first kappa shape index (κ1) is 18.4. The molecule has 0 saturated heterocycles. The van der Waals surface area contributed by atoms with E-state index in [1.54, 1.807) is 0 Å². The standard InChI is InChI=1S/C28H21OSi/c1-4-15-24(16-5-1)30(25-17-6-2-7-18-25,26-19-8-3-9-20-26)29-28-22-12-14-23-13-10-11-21-27(23)28/h1-11,13-22H. The van der Waals surface area contributed by atoms with Gasteiger partial charge in [0, 0.05) is 5.39 Å². The maximum Gasteiger partial charge on any atom is 0.346 e. The molecular formula is C28H21OSi. The fourth-order valence-electron chi connectivity index (χ4n) is 4.08. The van der Waals surface area contributed by atoms with Crippen LogP contribution >= 0.6 is 0 Å². The summed E-state index contributed by atoms with van der Waals surface area (Å²) in [4.78, 5) is 0. The molecule has 5 aromatic rings. The predicted octanol–water partition coefficient (Wildman–Crippen LogP) is 4.69. The Labute approximate surface area is 178 Å². The maximum absolute atomic E-state index is 7.18. The van der Waals surface area contributed by atoms with Crippen LogP contribution in [0, 0.1) is 6.07 Å². The topological polar surface area (TPSA) is 9.23 Å². The van der Waals surface area contributed by atoms with Gasteiger partial charge in [-0.05, 0) is 39.1 Å². The van der Waals surface area contributed by atoms with Crippen molar-refractivity contribution >= 4 is 34.7 Å². The van der Waals surface area contributed by atoms with Crippen molar-refractivity contribution in [2.75, 3.05) is 0 Å². The van der Waals surface area contributed by atoms with Crippen LogP contribution in [-0.4, -0.2) is 8.32 Å². The van der Waals surface area contributed by atoms with Crippen LogP contribution in [0.3, 0.4) is 0 Å². The Bertz CT molecular complexity index is 1150. The lowest BCUT2D eigenvalue weighted by Gasteiger charge is -2.34. The van der Waals surface area contributed by atoms with Crippen LogP contribution in [0.4, 0.5) is 0 Å². The van der Waals surface area contributed by atoms with Gasteiger partial charge in [-0.3, -0.25) is 0 Å². The molecule has 0 unspecified atom stereocenters. The third-order valence-corrected chi connectivity index (χ3v) is 9.45. The molecule has 1 radical (unpaired) electrons. The largest absolute Gasteiger partial charge is 0.530 e. The second-order valence-electron chi connectivity index (χ2n) is 7.29. The number of rotatable bonds is 5. The van der Waals surface area contributed by atoms with E-state index in [9.17, 15) is 0 Å². The Kier molecular flexibility index (Phi) is 4.92. The van der Waals surface area contributed by atoms with Crippen LogP contribution in [0.25, 0.3) is 10.8 Å². The van der Waals surface area contributed by atoms with E-state index in [1.807, 2.05) is 12.1 Å². The summed E-state index contributed by atoms with van der Waals surface area (Å²) in [6.45, 7) is 0. The van der Waals surface area contributed by atoms with Gasteiger partial charge in [0.1, 0.15) is 5.75 Å². The molecule has 0 fully saturated rings. The molecule has 1 nitrogen and oxygen atoms in total. The van der Waals surface area contributed by atoms with E-state index >= 15 is 0 Å². The minimum Gasteiger partial charge on any atom is -0.530 e. The molecule has 5 rings (SSSR count). The zero-order valence-electron chi connectivity index (χ0n) is 16.5. The average Bonchev–Trinajstić information content (AvgIpc) is 2.84. The van der Waals surface area contributed by atoms with E-state index in [-0.39, 0.29) is 0 Å². The van der Waals surface area contributed by atoms with Crippen LogP contribution in [0.2, 0.25) is 0 Å². The third kappa shape index (κ3) is 3.21. The van der Waals surface area contributed by atoms with Gasteiger partial charge in [-0.25, -0.2) is 0 Å². The summed E-state index contributed by atoms with van der Waals surface area (Å²) in [5, 5.41) is 5.89. The second kappa shape index (κ2) is 8.01. The number of fused-ring (bicyclic) bond motifs is 1. The lowest BCUT2D eigenvalue weighted by Crippen LogP contribution is -2.71. The summed E-state index contributed by atoms with van der Waals surface area (Å²) >= 11 is 0. The van der Waals surface area contributed by atoms with Crippen LogP contribution in [-0.2, 0) is 0 Å². The lowest BCUT2D eigenvalue weighted by atomic mass is 10.1. The van der Waals surface area contributed by atoms with Gasteiger partial charge in [0.25, 0.3) is 0 Å². The summed E-state index contributed by atoms with van der Waals surface area (Å²) in [7, 11) is -2.80. The zero-order valence-corrected chi connectivity index (χ0v) is 17.5. The molecule has 5 aromatic carbocycles. The van der Waals surface area contributed by atoms with Gasteiger partial charge in [0.2, 0.25) is 0 Å². The van der Waals surface area contributed by atoms with Crippen molar-refractivity contribution in [3.8, 4) is 5.75 Å². The first-order valence-electron chi connectivity index (χ1n) is 10.1. The van der Waals surface area contributed by atoms with Crippen molar-refractivity contribution in [3.63, 3.8) is 0 Å². The Balaban J connectivity index is 1.82. The molecule has 0 N–H and O–H groups in total. The third-order valence-electron chi connectivity index (χ3n) is 5.48. The van der Waals surface area contributed by atoms with Gasteiger partial charge in [0.05, 0.1) is 0 Å². The Morgan fingerprint density at radius 3 is 1.50 bits per heavy atom. The summed E-state index contributed by atoms with van der Waals surface area (Å²) in [6, 6.07) is 47.6. The van der Waals surface area contributed by atoms with Gasteiger partial charge in [-0.15, -0.1) is 0 Å². The minimum atomic E-state index is -2.80. The normalized spacial score (nSPS) is 11.3. The van der Waals surface area contributed by atoms with Gasteiger partial charge < -0.3 is 4.43 Å². The molecule has 0 aliphatic rings. The molecule has 2 heteroatoms. The van der Waals surface area contributed by atoms with E-state index < -0.39 is 8.32 Å². The summed E-state index contributed by atoms with van der Waals surface area (Å²) in [5.41, 5.74) is 0. The van der Waals surface area contributed by atoms with Crippen LogP contribution in [0.1, 0.15) is 0 Å². The minimum absolute atomic E-state index is 0.872. The zero-order chi connectivity index (χ0) is 20.2. The Hall–Kier alpha value is -3.62. The van der Waals surface area contributed by atoms with Gasteiger partial charge >= 0.3 is 8.32 Å². The molecule has 0 aliphatic heterocycles. The van der Waals surface area contributed by atoms with Crippen molar-refractivity contribution in [1.82, 2.24) is 0 Å². The smallest absolute Gasteiger partial charge is 0.346 e. The fraction of sp³-hybridized carbons (Fsp3) is 0. The Morgan fingerprint density at radius 1 is 0.500 bits per heavy atom. The molecular weight excluding hydrogens is 380 g/mol. The molecule has 0 heterocycles. The Morgan fingerprint density at radius 2 is 0.967 bits per heavy atom. The molecule has 0 saturated carbocycles. The molecule has 0 aliphatic carbocycles. The summed E-state index contributed by atoms with van der Waals surface area (Å²) in [5.74, 6) is 0.872. The second-order valence-corrected chi connectivity index (χ2v) is 10.6.